The Morgan fingerprint density at radius 3 is 1.96 bits per heavy atom. The van der Waals surface area contributed by atoms with Crippen LogP contribution in [0.15, 0.2) is 53.5 Å². The van der Waals surface area contributed by atoms with Crippen molar-refractivity contribution in [2.24, 2.45) is 4.99 Å². The molecule has 0 fully saturated rings. The van der Waals surface area contributed by atoms with Gasteiger partial charge in [-0.25, -0.2) is 0 Å². The summed E-state index contributed by atoms with van der Waals surface area (Å²) in [5, 5.41) is 3.50. The molecule has 3 nitrogen and oxygen atoms in total. The molecular weight excluding hydrogens is 318 g/mol. The van der Waals surface area contributed by atoms with Crippen LogP contribution in [0.25, 0.3) is 0 Å². The maximum absolute atomic E-state index is 4.67. The normalized spacial score (nSPS) is 16.3. The Bertz CT molecular complexity index is 731. The highest BCUT2D eigenvalue weighted by Gasteiger charge is 2.19. The van der Waals surface area contributed by atoms with Crippen LogP contribution in [0.1, 0.15) is 63.5 Å². The molecule has 0 saturated carbocycles. The first-order valence-electron chi connectivity index (χ1n) is 9.91. The van der Waals surface area contributed by atoms with Crippen molar-refractivity contribution in [3.05, 3.63) is 59.7 Å². The van der Waals surface area contributed by atoms with Gasteiger partial charge in [0.2, 0.25) is 5.96 Å². The molecule has 2 aromatic carbocycles. The largest absolute Gasteiger partial charge is 0.326 e. The third kappa shape index (κ3) is 4.09. The smallest absolute Gasteiger partial charge is 0.203 e. The Kier molecular flexibility index (Phi) is 5.97. The van der Waals surface area contributed by atoms with Gasteiger partial charge in [0.05, 0.1) is 6.54 Å². The molecule has 1 aliphatic rings. The summed E-state index contributed by atoms with van der Waals surface area (Å²) < 4.78 is 0. The maximum atomic E-state index is 4.67. The molecule has 0 aromatic heterocycles. The van der Waals surface area contributed by atoms with Gasteiger partial charge in [-0.05, 0) is 60.1 Å². The first-order valence-corrected chi connectivity index (χ1v) is 9.91. The van der Waals surface area contributed by atoms with Crippen LogP contribution in [-0.2, 0) is 0 Å². The fraction of sp³-hybridized carbons (Fsp3) is 0.435. The fourth-order valence-corrected chi connectivity index (χ4v) is 3.28. The Morgan fingerprint density at radius 2 is 1.42 bits per heavy atom. The minimum atomic E-state index is 0.605. The number of nitrogens with one attached hydrogen (secondary N) is 1. The van der Waals surface area contributed by atoms with E-state index in [2.05, 4.69) is 91.4 Å². The van der Waals surface area contributed by atoms with E-state index >= 15 is 0 Å². The van der Waals surface area contributed by atoms with Gasteiger partial charge < -0.3 is 10.2 Å². The van der Waals surface area contributed by atoms with Gasteiger partial charge in [0.1, 0.15) is 0 Å². The predicted octanol–water partition coefficient (Wildman–Crippen LogP) is 6.00. The van der Waals surface area contributed by atoms with Crippen LogP contribution < -0.4 is 10.2 Å². The molecule has 3 heteroatoms. The predicted molar refractivity (Wildman–Crippen MR) is 114 cm³/mol. The van der Waals surface area contributed by atoms with E-state index in [1.807, 2.05) is 0 Å². The molecule has 0 aliphatic carbocycles. The third-order valence-corrected chi connectivity index (χ3v) is 5.58. The van der Waals surface area contributed by atoms with Crippen molar-refractivity contribution in [2.45, 2.75) is 52.4 Å². The molecule has 0 spiro atoms. The first kappa shape index (κ1) is 18.5. The number of hydrogen-bond acceptors (Lipinski definition) is 3. The van der Waals surface area contributed by atoms with E-state index in [9.17, 15) is 0 Å². The fourth-order valence-electron chi connectivity index (χ4n) is 3.28. The van der Waals surface area contributed by atoms with Crippen LogP contribution in [0.2, 0.25) is 0 Å². The summed E-state index contributed by atoms with van der Waals surface area (Å²) in [5.41, 5.74) is 5.10. The molecule has 2 atom stereocenters. The lowest BCUT2D eigenvalue weighted by Gasteiger charge is -2.22. The number of benzene rings is 2. The van der Waals surface area contributed by atoms with Crippen LogP contribution in [-0.4, -0.2) is 19.0 Å². The lowest BCUT2D eigenvalue weighted by Crippen LogP contribution is -2.33. The molecule has 0 saturated heterocycles. The average molecular weight is 350 g/mol. The number of anilines is 2. The SMILES string of the molecule is CCC(C)c1ccc(NC2=NCCN2c2ccc(C(C)CC)cc2)cc1. The Labute approximate surface area is 158 Å². The summed E-state index contributed by atoms with van der Waals surface area (Å²) in [6, 6.07) is 17.7. The van der Waals surface area contributed by atoms with Crippen LogP contribution in [0.5, 0.6) is 0 Å². The molecule has 1 N–H and O–H groups in total. The summed E-state index contributed by atoms with van der Waals surface area (Å²) in [6.07, 6.45) is 2.34. The zero-order chi connectivity index (χ0) is 18.5. The molecule has 0 amide bonds. The number of rotatable bonds is 6. The molecule has 138 valence electrons. The van der Waals surface area contributed by atoms with Gasteiger partial charge in [-0.3, -0.25) is 4.99 Å². The van der Waals surface area contributed by atoms with Crippen molar-refractivity contribution in [1.82, 2.24) is 0 Å². The van der Waals surface area contributed by atoms with Gasteiger partial charge in [0.15, 0.2) is 0 Å². The van der Waals surface area contributed by atoms with Crippen molar-refractivity contribution in [1.29, 1.82) is 0 Å². The minimum Gasteiger partial charge on any atom is -0.326 e. The summed E-state index contributed by atoms with van der Waals surface area (Å²) >= 11 is 0. The van der Waals surface area contributed by atoms with E-state index in [4.69, 9.17) is 0 Å². The van der Waals surface area contributed by atoms with Crippen LogP contribution in [0, 0.1) is 0 Å². The number of hydrogen-bond donors (Lipinski definition) is 1. The molecular formula is C23H31N3. The van der Waals surface area contributed by atoms with E-state index in [-0.39, 0.29) is 0 Å². The van der Waals surface area contributed by atoms with Crippen molar-refractivity contribution in [3.63, 3.8) is 0 Å². The summed E-state index contributed by atoms with van der Waals surface area (Å²) in [4.78, 5) is 6.93. The van der Waals surface area contributed by atoms with Gasteiger partial charge in [0, 0.05) is 17.9 Å². The number of aliphatic imine (C=N–C) groups is 1. The molecule has 2 unspecified atom stereocenters. The second-order valence-corrected chi connectivity index (χ2v) is 7.31. The van der Waals surface area contributed by atoms with Crippen LogP contribution in [0.4, 0.5) is 11.4 Å². The summed E-state index contributed by atoms with van der Waals surface area (Å²) in [7, 11) is 0. The Hall–Kier alpha value is -2.29. The van der Waals surface area contributed by atoms with Crippen LogP contribution in [0.3, 0.4) is 0 Å². The average Bonchev–Trinajstić information content (AvgIpc) is 3.15. The highest BCUT2D eigenvalue weighted by molar-refractivity contribution is 6.06. The van der Waals surface area contributed by atoms with E-state index in [1.165, 1.54) is 29.7 Å². The second-order valence-electron chi connectivity index (χ2n) is 7.31. The standard InChI is InChI=1S/C23H31N3/c1-5-17(3)19-7-11-21(12-8-19)25-23-24-15-16-26(23)22-13-9-20(10-14-22)18(4)6-2/h7-14,17-18H,5-6,15-16H2,1-4H3,(H,24,25). The maximum Gasteiger partial charge on any atom is 0.203 e. The second kappa shape index (κ2) is 8.39. The van der Waals surface area contributed by atoms with Crippen molar-refractivity contribution in [2.75, 3.05) is 23.3 Å². The highest BCUT2D eigenvalue weighted by atomic mass is 15.3. The first-order chi connectivity index (χ1) is 12.6. The lowest BCUT2D eigenvalue weighted by atomic mass is 9.98. The Balaban J connectivity index is 1.70. The topological polar surface area (TPSA) is 27.6 Å². The lowest BCUT2D eigenvalue weighted by molar-refractivity contribution is 0.733. The molecule has 0 bridgehead atoms. The van der Waals surface area contributed by atoms with E-state index < -0.39 is 0 Å². The summed E-state index contributed by atoms with van der Waals surface area (Å²) in [6.45, 7) is 10.8. The zero-order valence-corrected chi connectivity index (χ0v) is 16.5. The van der Waals surface area contributed by atoms with E-state index in [1.54, 1.807) is 0 Å². The molecule has 1 heterocycles. The summed E-state index contributed by atoms with van der Waals surface area (Å²) in [5.74, 6) is 2.16. The monoisotopic (exact) mass is 349 g/mol. The number of guanidine groups is 1. The molecule has 3 rings (SSSR count). The van der Waals surface area contributed by atoms with Gasteiger partial charge in [0.25, 0.3) is 0 Å². The van der Waals surface area contributed by atoms with Crippen LogP contribution >= 0.6 is 0 Å². The molecule has 2 aromatic rings. The molecule has 0 radical (unpaired) electrons. The quantitative estimate of drug-likeness (QED) is 0.692. The van der Waals surface area contributed by atoms with Crippen molar-refractivity contribution in [3.8, 4) is 0 Å². The molecule has 26 heavy (non-hydrogen) atoms. The zero-order valence-electron chi connectivity index (χ0n) is 16.5. The van der Waals surface area contributed by atoms with Gasteiger partial charge >= 0.3 is 0 Å². The van der Waals surface area contributed by atoms with Crippen molar-refractivity contribution >= 4 is 17.3 Å². The van der Waals surface area contributed by atoms with E-state index in [0.717, 1.165) is 24.7 Å². The van der Waals surface area contributed by atoms with Gasteiger partial charge in [-0.2, -0.15) is 0 Å². The highest BCUT2D eigenvalue weighted by Crippen LogP contribution is 2.25. The van der Waals surface area contributed by atoms with Gasteiger partial charge in [-0.15, -0.1) is 0 Å². The molecule has 1 aliphatic heterocycles. The van der Waals surface area contributed by atoms with Gasteiger partial charge in [-0.1, -0.05) is 52.0 Å². The van der Waals surface area contributed by atoms with Crippen molar-refractivity contribution < 1.29 is 0 Å². The minimum absolute atomic E-state index is 0.605. The Morgan fingerprint density at radius 1 is 0.885 bits per heavy atom. The third-order valence-electron chi connectivity index (χ3n) is 5.58. The van der Waals surface area contributed by atoms with E-state index in [0.29, 0.717) is 11.8 Å². The number of nitrogens with zero attached hydrogens (tertiary/aromatic N) is 2.